The lowest BCUT2D eigenvalue weighted by Crippen LogP contribution is -2.29. The van der Waals surface area contributed by atoms with Crippen LogP contribution in [0.5, 0.6) is 0 Å². The van der Waals surface area contributed by atoms with Crippen LogP contribution in [0, 0.1) is 23.0 Å². The first-order valence-corrected chi connectivity index (χ1v) is 7.92. The van der Waals surface area contributed by atoms with E-state index in [9.17, 15) is 10.1 Å². The highest BCUT2D eigenvalue weighted by Gasteiger charge is 2.40. The van der Waals surface area contributed by atoms with E-state index in [2.05, 4.69) is 42.6 Å². The predicted octanol–water partition coefficient (Wildman–Crippen LogP) is 4.73. The van der Waals surface area contributed by atoms with Crippen molar-refractivity contribution in [1.82, 2.24) is 0 Å². The number of rotatable bonds is 2. The number of nitrogens with one attached hydrogen (secondary N) is 1. The van der Waals surface area contributed by atoms with Gasteiger partial charge in [-0.15, -0.1) is 0 Å². The summed E-state index contributed by atoms with van der Waals surface area (Å²) in [7, 11) is 0. The quantitative estimate of drug-likeness (QED) is 0.496. The second kappa shape index (κ2) is 5.23. The number of nitrogens with zero attached hydrogens (tertiary/aromatic N) is 1. The molecule has 0 radical (unpaired) electrons. The first-order chi connectivity index (χ1) is 11.1. The molecule has 2 aromatic rings. The van der Waals surface area contributed by atoms with Gasteiger partial charge in [-0.1, -0.05) is 48.0 Å². The molecule has 0 unspecified atom stereocenters. The Bertz CT molecular complexity index is 813. The Morgan fingerprint density at radius 3 is 2.83 bits per heavy atom. The minimum absolute atomic E-state index is 0.0354. The molecule has 0 saturated carbocycles. The van der Waals surface area contributed by atoms with Crippen LogP contribution < -0.4 is 5.32 Å². The van der Waals surface area contributed by atoms with Gasteiger partial charge in [-0.05, 0) is 30.9 Å². The third kappa shape index (κ3) is 2.22. The molecule has 1 N–H and O–H groups in total. The van der Waals surface area contributed by atoms with Gasteiger partial charge >= 0.3 is 0 Å². The minimum atomic E-state index is -0.279. The van der Waals surface area contributed by atoms with E-state index in [0.29, 0.717) is 11.8 Å². The summed E-state index contributed by atoms with van der Waals surface area (Å²) in [5.41, 5.74) is 4.62. The number of hydrogen-bond donors (Lipinski definition) is 1. The zero-order chi connectivity index (χ0) is 16.0. The Balaban J connectivity index is 1.83. The van der Waals surface area contributed by atoms with Gasteiger partial charge in [0.25, 0.3) is 5.69 Å². The van der Waals surface area contributed by atoms with Crippen LogP contribution in [0.1, 0.15) is 35.1 Å². The van der Waals surface area contributed by atoms with E-state index in [-0.39, 0.29) is 16.7 Å². The molecule has 1 aliphatic heterocycles. The molecule has 23 heavy (non-hydrogen) atoms. The Morgan fingerprint density at radius 2 is 2.00 bits per heavy atom. The van der Waals surface area contributed by atoms with Crippen molar-refractivity contribution in [3.05, 3.63) is 81.4 Å². The summed E-state index contributed by atoms with van der Waals surface area (Å²) in [4.78, 5) is 11.1. The van der Waals surface area contributed by atoms with Crippen LogP contribution in [0.2, 0.25) is 0 Å². The molecule has 0 amide bonds. The summed E-state index contributed by atoms with van der Waals surface area (Å²) in [5, 5.41) is 15.0. The lowest BCUT2D eigenvalue weighted by molar-refractivity contribution is -0.385. The van der Waals surface area contributed by atoms with Gasteiger partial charge in [0.15, 0.2) is 0 Å². The molecule has 2 aliphatic rings. The van der Waals surface area contributed by atoms with Crippen LogP contribution in [-0.2, 0) is 0 Å². The Labute approximate surface area is 135 Å². The van der Waals surface area contributed by atoms with Crippen LogP contribution in [0.15, 0.2) is 54.6 Å². The van der Waals surface area contributed by atoms with Gasteiger partial charge in [-0.25, -0.2) is 0 Å². The van der Waals surface area contributed by atoms with Gasteiger partial charge in [-0.2, -0.15) is 0 Å². The highest BCUT2D eigenvalue weighted by molar-refractivity contribution is 5.62. The highest BCUT2D eigenvalue weighted by atomic mass is 16.6. The Kier molecular flexibility index (Phi) is 3.18. The van der Waals surface area contributed by atoms with E-state index in [1.165, 1.54) is 11.1 Å². The Hall–Kier alpha value is -2.62. The molecule has 2 aromatic carbocycles. The molecule has 4 heteroatoms. The van der Waals surface area contributed by atoms with Gasteiger partial charge in [0.2, 0.25) is 0 Å². The van der Waals surface area contributed by atoms with Crippen LogP contribution in [0.4, 0.5) is 11.4 Å². The number of hydrogen-bond acceptors (Lipinski definition) is 3. The van der Waals surface area contributed by atoms with Crippen LogP contribution in [-0.4, -0.2) is 4.92 Å². The standard InChI is InChI=1S/C19H18N2O2/c1-12-9-10-17-16(11-12)13-6-4-7-14(13)19(20-17)15-5-2-3-8-18(15)21(22)23/h2-6,8-11,13-14,19-20H,7H2,1H3/t13-,14+,19-/m1/s1. The number of para-hydroxylation sites is 1. The van der Waals surface area contributed by atoms with Crippen molar-refractivity contribution in [1.29, 1.82) is 0 Å². The fourth-order valence-electron chi connectivity index (χ4n) is 3.94. The van der Waals surface area contributed by atoms with Crippen molar-refractivity contribution in [3.8, 4) is 0 Å². The molecule has 116 valence electrons. The number of nitro groups is 1. The lowest BCUT2D eigenvalue weighted by Gasteiger charge is -2.37. The lowest BCUT2D eigenvalue weighted by atomic mass is 9.76. The maximum Gasteiger partial charge on any atom is 0.274 e. The number of anilines is 1. The van der Waals surface area contributed by atoms with Crippen molar-refractivity contribution >= 4 is 11.4 Å². The summed E-state index contributed by atoms with van der Waals surface area (Å²) >= 11 is 0. The second-order valence-electron chi connectivity index (χ2n) is 6.38. The van der Waals surface area contributed by atoms with Gasteiger partial charge in [0.1, 0.15) is 0 Å². The van der Waals surface area contributed by atoms with Crippen LogP contribution >= 0.6 is 0 Å². The average molecular weight is 306 g/mol. The molecule has 0 spiro atoms. The average Bonchev–Trinajstić information content (AvgIpc) is 3.04. The molecular formula is C19H18N2O2. The fourth-order valence-corrected chi connectivity index (χ4v) is 3.94. The highest BCUT2D eigenvalue weighted by Crippen LogP contribution is 2.51. The molecule has 3 atom stereocenters. The third-order valence-electron chi connectivity index (χ3n) is 4.99. The number of aryl methyl sites for hydroxylation is 1. The van der Waals surface area contributed by atoms with E-state index in [0.717, 1.165) is 17.7 Å². The molecule has 0 aromatic heterocycles. The molecule has 0 saturated heterocycles. The van der Waals surface area contributed by atoms with E-state index in [4.69, 9.17) is 0 Å². The first-order valence-electron chi connectivity index (χ1n) is 7.92. The van der Waals surface area contributed by atoms with Gasteiger partial charge < -0.3 is 5.32 Å². The third-order valence-corrected chi connectivity index (χ3v) is 4.99. The smallest absolute Gasteiger partial charge is 0.274 e. The zero-order valence-corrected chi connectivity index (χ0v) is 12.9. The maximum absolute atomic E-state index is 11.4. The van der Waals surface area contributed by atoms with E-state index in [1.807, 2.05) is 12.1 Å². The molecule has 4 rings (SSSR count). The molecule has 1 heterocycles. The fraction of sp³-hybridized carbons (Fsp3) is 0.263. The number of benzene rings is 2. The zero-order valence-electron chi connectivity index (χ0n) is 12.9. The van der Waals surface area contributed by atoms with Crippen molar-refractivity contribution in [2.75, 3.05) is 5.32 Å². The largest absolute Gasteiger partial charge is 0.377 e. The van der Waals surface area contributed by atoms with Gasteiger partial charge in [-0.3, -0.25) is 10.1 Å². The molecular weight excluding hydrogens is 288 g/mol. The molecule has 0 bridgehead atoms. The number of allylic oxidation sites excluding steroid dienone is 2. The first kappa shape index (κ1) is 14.0. The minimum Gasteiger partial charge on any atom is -0.377 e. The van der Waals surface area contributed by atoms with E-state index in [1.54, 1.807) is 12.1 Å². The van der Waals surface area contributed by atoms with E-state index >= 15 is 0 Å². The van der Waals surface area contributed by atoms with Crippen molar-refractivity contribution in [2.24, 2.45) is 5.92 Å². The summed E-state index contributed by atoms with van der Waals surface area (Å²) in [6.07, 6.45) is 5.41. The van der Waals surface area contributed by atoms with Gasteiger partial charge in [0, 0.05) is 17.7 Å². The SMILES string of the molecule is Cc1ccc2c(c1)[C@@H]1C=CC[C@@H]1[C@H](c1ccccc1[N+](=O)[O-])N2. The summed E-state index contributed by atoms with van der Waals surface area (Å²) < 4.78 is 0. The summed E-state index contributed by atoms with van der Waals surface area (Å²) in [6, 6.07) is 13.5. The molecule has 4 nitrogen and oxygen atoms in total. The number of nitro benzene ring substituents is 1. The van der Waals surface area contributed by atoms with Crippen molar-refractivity contribution < 1.29 is 4.92 Å². The van der Waals surface area contributed by atoms with Crippen molar-refractivity contribution in [2.45, 2.75) is 25.3 Å². The van der Waals surface area contributed by atoms with Crippen LogP contribution in [0.3, 0.4) is 0 Å². The second-order valence-corrected chi connectivity index (χ2v) is 6.38. The predicted molar refractivity (Wildman–Crippen MR) is 90.6 cm³/mol. The molecule has 0 fully saturated rings. The number of fused-ring (bicyclic) bond motifs is 3. The maximum atomic E-state index is 11.4. The van der Waals surface area contributed by atoms with Crippen molar-refractivity contribution in [3.63, 3.8) is 0 Å². The van der Waals surface area contributed by atoms with Crippen LogP contribution in [0.25, 0.3) is 0 Å². The van der Waals surface area contributed by atoms with Gasteiger partial charge in [0.05, 0.1) is 16.5 Å². The Morgan fingerprint density at radius 1 is 1.17 bits per heavy atom. The monoisotopic (exact) mass is 306 g/mol. The van der Waals surface area contributed by atoms with E-state index < -0.39 is 0 Å². The summed E-state index contributed by atoms with van der Waals surface area (Å²) in [5.74, 6) is 0.654. The molecule has 1 aliphatic carbocycles. The topological polar surface area (TPSA) is 55.2 Å². The summed E-state index contributed by atoms with van der Waals surface area (Å²) in [6.45, 7) is 2.10. The normalized spacial score (nSPS) is 24.7.